The third-order valence-corrected chi connectivity index (χ3v) is 3.51. The van der Waals surface area contributed by atoms with E-state index in [1.54, 1.807) is 0 Å². The molecular formula is C12H14N2O2. The summed E-state index contributed by atoms with van der Waals surface area (Å²) >= 11 is 0. The number of nitrogens with one attached hydrogen (secondary N) is 2. The lowest BCUT2D eigenvalue weighted by molar-refractivity contribution is -0.140. The van der Waals surface area contributed by atoms with E-state index in [4.69, 9.17) is 0 Å². The van der Waals surface area contributed by atoms with Crippen LogP contribution in [0, 0.1) is 5.92 Å². The van der Waals surface area contributed by atoms with Crippen molar-refractivity contribution >= 4 is 5.97 Å². The third kappa shape index (κ3) is 1.30. The van der Waals surface area contributed by atoms with Gasteiger partial charge in [0.1, 0.15) is 6.04 Å². The Labute approximate surface area is 93.7 Å². The lowest BCUT2D eigenvalue weighted by Gasteiger charge is -2.34. The first-order valence-electron chi connectivity index (χ1n) is 5.59. The van der Waals surface area contributed by atoms with E-state index in [1.807, 2.05) is 18.2 Å². The third-order valence-electron chi connectivity index (χ3n) is 3.51. The predicted molar refractivity (Wildman–Crippen MR) is 59.8 cm³/mol. The van der Waals surface area contributed by atoms with E-state index < -0.39 is 12.0 Å². The standard InChI is InChI=1S/C12H14N2O2/c15-12(16)11-8-5-6-13-10(8)7-3-1-2-4-9(7)14-11/h1-4,8-9,11,13-14H,5-6H2,(H,15,16). The maximum absolute atomic E-state index is 11.2. The Morgan fingerprint density at radius 1 is 1.44 bits per heavy atom. The molecule has 3 unspecified atom stereocenters. The number of rotatable bonds is 1. The van der Waals surface area contributed by atoms with Crippen LogP contribution in [-0.4, -0.2) is 29.7 Å². The van der Waals surface area contributed by atoms with Crippen LogP contribution in [0.4, 0.5) is 0 Å². The molecule has 3 atom stereocenters. The van der Waals surface area contributed by atoms with E-state index in [0.29, 0.717) is 0 Å². The van der Waals surface area contributed by atoms with Crippen molar-refractivity contribution in [2.75, 3.05) is 6.54 Å². The Hall–Kier alpha value is -1.55. The van der Waals surface area contributed by atoms with Crippen molar-refractivity contribution in [2.45, 2.75) is 18.5 Å². The highest BCUT2D eigenvalue weighted by Crippen LogP contribution is 2.33. The highest BCUT2D eigenvalue weighted by Gasteiger charge is 2.41. The molecule has 3 aliphatic rings. The molecule has 1 aliphatic carbocycles. The molecule has 1 fully saturated rings. The van der Waals surface area contributed by atoms with E-state index in [-0.39, 0.29) is 12.0 Å². The lowest BCUT2D eigenvalue weighted by atomic mass is 9.84. The highest BCUT2D eigenvalue weighted by atomic mass is 16.4. The van der Waals surface area contributed by atoms with Gasteiger partial charge >= 0.3 is 5.97 Å². The summed E-state index contributed by atoms with van der Waals surface area (Å²) in [5, 5.41) is 15.7. The van der Waals surface area contributed by atoms with Gasteiger partial charge in [0.15, 0.2) is 0 Å². The van der Waals surface area contributed by atoms with Gasteiger partial charge < -0.3 is 10.4 Å². The quantitative estimate of drug-likeness (QED) is 0.596. The zero-order chi connectivity index (χ0) is 11.1. The van der Waals surface area contributed by atoms with E-state index in [0.717, 1.165) is 18.7 Å². The fourth-order valence-electron chi connectivity index (χ4n) is 2.78. The maximum Gasteiger partial charge on any atom is 0.321 e. The summed E-state index contributed by atoms with van der Waals surface area (Å²) in [5.74, 6) is -0.659. The second kappa shape index (κ2) is 3.49. The van der Waals surface area contributed by atoms with E-state index >= 15 is 0 Å². The normalized spacial score (nSPS) is 35.6. The minimum Gasteiger partial charge on any atom is -0.480 e. The highest BCUT2D eigenvalue weighted by molar-refractivity contribution is 5.75. The monoisotopic (exact) mass is 218 g/mol. The summed E-state index contributed by atoms with van der Waals surface area (Å²) in [4.78, 5) is 11.2. The Morgan fingerprint density at radius 2 is 2.31 bits per heavy atom. The van der Waals surface area contributed by atoms with Crippen molar-refractivity contribution in [2.24, 2.45) is 5.92 Å². The number of fused-ring (bicyclic) bond motifs is 2. The van der Waals surface area contributed by atoms with Crippen molar-refractivity contribution in [3.63, 3.8) is 0 Å². The lowest BCUT2D eigenvalue weighted by Crippen LogP contribution is -2.52. The van der Waals surface area contributed by atoms with Crippen molar-refractivity contribution < 1.29 is 9.90 Å². The molecule has 0 spiro atoms. The van der Waals surface area contributed by atoms with Crippen LogP contribution in [0.1, 0.15) is 6.42 Å². The Balaban J connectivity index is 2.04. The number of allylic oxidation sites excluding steroid dienone is 2. The summed E-state index contributed by atoms with van der Waals surface area (Å²) in [6.45, 7) is 0.874. The number of hydrogen-bond donors (Lipinski definition) is 3. The summed E-state index contributed by atoms with van der Waals surface area (Å²) in [5.41, 5.74) is 2.32. The molecule has 0 saturated carbocycles. The fraction of sp³-hybridized carbons (Fsp3) is 0.417. The molecule has 0 aromatic carbocycles. The number of carboxylic acid groups (broad SMARTS) is 1. The average Bonchev–Trinajstić information content (AvgIpc) is 2.76. The van der Waals surface area contributed by atoms with Crippen molar-refractivity contribution in [1.82, 2.24) is 10.6 Å². The Bertz CT molecular complexity index is 423. The van der Waals surface area contributed by atoms with Gasteiger partial charge in [-0.05, 0) is 12.0 Å². The molecule has 0 bridgehead atoms. The zero-order valence-corrected chi connectivity index (χ0v) is 8.81. The average molecular weight is 218 g/mol. The number of aliphatic carboxylic acids is 1. The van der Waals surface area contributed by atoms with Gasteiger partial charge in [0, 0.05) is 18.2 Å². The summed E-state index contributed by atoms with van der Waals surface area (Å²) in [6, 6.07) is -0.419. The van der Waals surface area contributed by atoms with Gasteiger partial charge in [0.05, 0.1) is 6.04 Å². The zero-order valence-electron chi connectivity index (χ0n) is 8.81. The van der Waals surface area contributed by atoms with Crippen LogP contribution in [-0.2, 0) is 4.79 Å². The maximum atomic E-state index is 11.2. The molecule has 84 valence electrons. The van der Waals surface area contributed by atoms with Crippen molar-refractivity contribution in [3.8, 4) is 0 Å². The second-order valence-electron chi connectivity index (χ2n) is 4.40. The van der Waals surface area contributed by atoms with E-state index in [9.17, 15) is 9.90 Å². The van der Waals surface area contributed by atoms with Crippen LogP contribution >= 0.6 is 0 Å². The van der Waals surface area contributed by atoms with Crippen LogP contribution in [0.3, 0.4) is 0 Å². The van der Waals surface area contributed by atoms with Gasteiger partial charge in [0.2, 0.25) is 0 Å². The van der Waals surface area contributed by atoms with Gasteiger partial charge in [-0.3, -0.25) is 10.1 Å². The molecule has 4 heteroatoms. The molecule has 0 radical (unpaired) electrons. The molecule has 0 amide bonds. The molecule has 4 nitrogen and oxygen atoms in total. The molecule has 2 aliphatic heterocycles. The smallest absolute Gasteiger partial charge is 0.321 e. The molecule has 3 rings (SSSR count). The largest absolute Gasteiger partial charge is 0.480 e. The van der Waals surface area contributed by atoms with Crippen molar-refractivity contribution in [3.05, 3.63) is 35.6 Å². The van der Waals surface area contributed by atoms with Gasteiger partial charge in [0.25, 0.3) is 0 Å². The van der Waals surface area contributed by atoms with Gasteiger partial charge in [-0.2, -0.15) is 0 Å². The van der Waals surface area contributed by atoms with Crippen LogP contribution in [0.15, 0.2) is 35.6 Å². The molecule has 16 heavy (non-hydrogen) atoms. The van der Waals surface area contributed by atoms with Gasteiger partial charge in [-0.25, -0.2) is 0 Å². The minimum absolute atomic E-state index is 0.0444. The van der Waals surface area contributed by atoms with E-state index in [1.165, 1.54) is 5.57 Å². The first-order valence-corrected chi connectivity index (χ1v) is 5.59. The molecule has 0 aromatic rings. The SMILES string of the molecule is O=C(O)C1NC2C=CC=CC2=C2NCCC21. The molecule has 3 N–H and O–H groups in total. The topological polar surface area (TPSA) is 61.4 Å². The van der Waals surface area contributed by atoms with Crippen LogP contribution in [0.25, 0.3) is 0 Å². The van der Waals surface area contributed by atoms with Crippen LogP contribution in [0.5, 0.6) is 0 Å². The number of carboxylic acids is 1. The second-order valence-corrected chi connectivity index (χ2v) is 4.40. The fourth-order valence-corrected chi connectivity index (χ4v) is 2.78. The summed E-state index contributed by atoms with van der Waals surface area (Å²) < 4.78 is 0. The van der Waals surface area contributed by atoms with Crippen molar-refractivity contribution in [1.29, 1.82) is 0 Å². The first-order chi connectivity index (χ1) is 7.77. The molecule has 0 aromatic heterocycles. The van der Waals surface area contributed by atoms with E-state index in [2.05, 4.69) is 16.7 Å². The van der Waals surface area contributed by atoms with Gasteiger partial charge in [-0.15, -0.1) is 0 Å². The van der Waals surface area contributed by atoms with Gasteiger partial charge in [-0.1, -0.05) is 24.3 Å². The Kier molecular flexibility index (Phi) is 2.11. The molecule has 1 saturated heterocycles. The number of carbonyl (C=O) groups is 1. The summed E-state index contributed by atoms with van der Waals surface area (Å²) in [6.07, 6.45) is 8.92. The predicted octanol–water partition coefficient (Wildman–Crippen LogP) is 0.401. The number of hydrogen-bond acceptors (Lipinski definition) is 3. The summed E-state index contributed by atoms with van der Waals surface area (Å²) in [7, 11) is 0. The molecule has 2 heterocycles. The first kappa shape index (κ1) is 9.66. The Morgan fingerprint density at radius 3 is 3.12 bits per heavy atom. The molecular weight excluding hydrogens is 204 g/mol. The van der Waals surface area contributed by atoms with Crippen LogP contribution < -0.4 is 10.6 Å². The van der Waals surface area contributed by atoms with Crippen LogP contribution in [0.2, 0.25) is 0 Å². The minimum atomic E-state index is -0.756.